The van der Waals surface area contributed by atoms with Crippen LogP contribution in [0.15, 0.2) is 45.6 Å². The van der Waals surface area contributed by atoms with E-state index in [0.29, 0.717) is 42.7 Å². The summed E-state index contributed by atoms with van der Waals surface area (Å²) in [6, 6.07) is 8.49. The number of hydrogen-bond acceptors (Lipinski definition) is 6. The van der Waals surface area contributed by atoms with E-state index in [1.807, 2.05) is 6.07 Å². The van der Waals surface area contributed by atoms with Crippen LogP contribution in [0, 0.1) is 11.7 Å². The molecular formula is C28H33FN2O5. The highest BCUT2D eigenvalue weighted by Gasteiger charge is 2.43. The van der Waals surface area contributed by atoms with Crippen LogP contribution in [0.5, 0.6) is 11.5 Å². The van der Waals surface area contributed by atoms with Gasteiger partial charge in [-0.3, -0.25) is 9.59 Å². The minimum absolute atomic E-state index is 0.00255. The number of ether oxygens (including phenoxy) is 2. The Balaban J connectivity index is 1.84. The van der Waals surface area contributed by atoms with Crippen molar-refractivity contribution in [1.29, 1.82) is 0 Å². The number of hydrogen-bond donors (Lipinski definition) is 0. The SMILES string of the molecule is CCN(CC)CCN1C(=O)c2oc3ccc(F)cc3c(=O)c2C1c1ccc(OCC(C)C)c(OC)c1. The van der Waals surface area contributed by atoms with Gasteiger partial charge in [-0.25, -0.2) is 4.39 Å². The minimum atomic E-state index is -0.694. The van der Waals surface area contributed by atoms with Crippen molar-refractivity contribution in [3.63, 3.8) is 0 Å². The summed E-state index contributed by atoms with van der Waals surface area (Å²) in [6.07, 6.45) is 0. The average Bonchev–Trinajstić information content (AvgIpc) is 3.15. The van der Waals surface area contributed by atoms with Crippen LogP contribution in [-0.4, -0.2) is 55.6 Å². The molecular weight excluding hydrogens is 463 g/mol. The molecule has 0 N–H and O–H groups in total. The minimum Gasteiger partial charge on any atom is -0.493 e. The lowest BCUT2D eigenvalue weighted by atomic mass is 9.98. The largest absolute Gasteiger partial charge is 0.493 e. The number of fused-ring (bicyclic) bond motifs is 2. The van der Waals surface area contributed by atoms with E-state index < -0.39 is 17.3 Å². The van der Waals surface area contributed by atoms with Crippen molar-refractivity contribution in [3.8, 4) is 11.5 Å². The summed E-state index contributed by atoms with van der Waals surface area (Å²) in [6.45, 7) is 11.5. The first-order chi connectivity index (χ1) is 17.3. The second-order valence-electron chi connectivity index (χ2n) is 9.36. The quantitative estimate of drug-likeness (QED) is 0.399. The van der Waals surface area contributed by atoms with Crippen molar-refractivity contribution in [1.82, 2.24) is 9.80 Å². The maximum atomic E-state index is 14.0. The van der Waals surface area contributed by atoms with Crippen molar-refractivity contribution < 1.29 is 23.1 Å². The zero-order valence-corrected chi connectivity index (χ0v) is 21.5. The smallest absolute Gasteiger partial charge is 0.290 e. The predicted octanol–water partition coefficient (Wildman–Crippen LogP) is 4.86. The zero-order chi connectivity index (χ0) is 26.0. The molecule has 0 spiro atoms. The van der Waals surface area contributed by atoms with Gasteiger partial charge >= 0.3 is 0 Å². The topological polar surface area (TPSA) is 72.2 Å². The third-order valence-corrected chi connectivity index (χ3v) is 6.55. The summed E-state index contributed by atoms with van der Waals surface area (Å²) in [4.78, 5) is 31.1. The van der Waals surface area contributed by atoms with Crippen LogP contribution in [0.1, 0.15) is 55.4 Å². The number of rotatable bonds is 10. The first-order valence-corrected chi connectivity index (χ1v) is 12.4. The molecule has 0 radical (unpaired) electrons. The van der Waals surface area contributed by atoms with Gasteiger partial charge in [0.25, 0.3) is 5.91 Å². The van der Waals surface area contributed by atoms with Crippen LogP contribution in [0.4, 0.5) is 4.39 Å². The van der Waals surface area contributed by atoms with Crippen LogP contribution in [0.25, 0.3) is 11.0 Å². The summed E-state index contributed by atoms with van der Waals surface area (Å²) in [5.41, 5.74) is 0.690. The number of benzene rings is 2. The van der Waals surface area contributed by atoms with Gasteiger partial charge in [0.05, 0.1) is 30.7 Å². The Labute approximate surface area is 210 Å². The average molecular weight is 497 g/mol. The highest BCUT2D eigenvalue weighted by Crippen LogP contribution is 2.41. The Morgan fingerprint density at radius 2 is 1.83 bits per heavy atom. The van der Waals surface area contributed by atoms with Crippen LogP contribution in [0.3, 0.4) is 0 Å². The van der Waals surface area contributed by atoms with E-state index in [0.717, 1.165) is 19.2 Å². The van der Waals surface area contributed by atoms with Crippen molar-refractivity contribution in [2.24, 2.45) is 5.92 Å². The lowest BCUT2D eigenvalue weighted by Crippen LogP contribution is -2.37. The first-order valence-electron chi connectivity index (χ1n) is 12.4. The second kappa shape index (κ2) is 10.7. The predicted molar refractivity (Wildman–Crippen MR) is 136 cm³/mol. The molecule has 1 aromatic heterocycles. The number of likely N-dealkylation sites (N-methyl/N-ethyl adjacent to an activating group) is 1. The molecule has 0 aliphatic carbocycles. The molecule has 4 rings (SSSR count). The molecule has 0 fully saturated rings. The summed E-state index contributed by atoms with van der Waals surface area (Å²) in [5, 5.41) is 0.112. The zero-order valence-electron chi connectivity index (χ0n) is 21.5. The number of halogens is 1. The molecule has 1 unspecified atom stereocenters. The molecule has 1 aliphatic heterocycles. The summed E-state index contributed by atoms with van der Waals surface area (Å²) >= 11 is 0. The molecule has 8 heteroatoms. The van der Waals surface area contributed by atoms with Gasteiger partial charge in [0.15, 0.2) is 16.9 Å². The fraction of sp³-hybridized carbons (Fsp3) is 0.429. The van der Waals surface area contributed by atoms with E-state index in [9.17, 15) is 14.0 Å². The van der Waals surface area contributed by atoms with Crippen LogP contribution in [-0.2, 0) is 0 Å². The van der Waals surface area contributed by atoms with Crippen molar-refractivity contribution in [2.45, 2.75) is 33.7 Å². The first kappa shape index (κ1) is 25.7. The van der Waals surface area contributed by atoms with E-state index in [-0.39, 0.29) is 28.2 Å². The molecule has 36 heavy (non-hydrogen) atoms. The summed E-state index contributed by atoms with van der Waals surface area (Å²) in [7, 11) is 1.55. The van der Waals surface area contributed by atoms with Crippen molar-refractivity contribution in [3.05, 3.63) is 69.3 Å². The molecule has 0 saturated carbocycles. The molecule has 192 valence electrons. The van der Waals surface area contributed by atoms with E-state index in [1.54, 1.807) is 24.1 Å². The third-order valence-electron chi connectivity index (χ3n) is 6.55. The van der Waals surface area contributed by atoms with E-state index >= 15 is 0 Å². The molecule has 3 aromatic rings. The molecule has 1 amide bonds. The molecule has 1 aliphatic rings. The number of methoxy groups -OCH3 is 1. The molecule has 0 bridgehead atoms. The van der Waals surface area contributed by atoms with Gasteiger partial charge in [0.1, 0.15) is 11.4 Å². The summed E-state index contributed by atoms with van der Waals surface area (Å²) in [5.74, 6) is 0.535. The van der Waals surface area contributed by atoms with Crippen LogP contribution < -0.4 is 14.9 Å². The van der Waals surface area contributed by atoms with Gasteiger partial charge in [-0.05, 0) is 54.9 Å². The Bertz CT molecular complexity index is 1320. The summed E-state index contributed by atoms with van der Waals surface area (Å²) < 4.78 is 31.4. The molecule has 1 atom stereocenters. The Morgan fingerprint density at radius 3 is 2.50 bits per heavy atom. The molecule has 2 aromatic carbocycles. The van der Waals surface area contributed by atoms with Crippen molar-refractivity contribution in [2.75, 3.05) is 39.9 Å². The second-order valence-corrected chi connectivity index (χ2v) is 9.36. The van der Waals surface area contributed by atoms with E-state index in [4.69, 9.17) is 13.9 Å². The standard InChI is InChI=1S/C28H33FN2O5/c1-6-30(7-2)12-13-31-25(18-8-10-22(23(14-18)34-5)35-16-17(3)4)24-26(32)20-15-19(29)9-11-21(20)36-27(24)28(31)33/h8-11,14-15,17,25H,6-7,12-13,16H2,1-5H3. The molecule has 7 nitrogen and oxygen atoms in total. The van der Waals surface area contributed by atoms with Gasteiger partial charge in [-0.2, -0.15) is 0 Å². The lowest BCUT2D eigenvalue weighted by Gasteiger charge is -2.28. The van der Waals surface area contributed by atoms with Gasteiger partial charge < -0.3 is 23.7 Å². The number of nitrogens with zero attached hydrogens (tertiary/aromatic N) is 2. The number of carbonyl (C=O) groups is 1. The Kier molecular flexibility index (Phi) is 7.64. The van der Waals surface area contributed by atoms with Gasteiger partial charge in [-0.15, -0.1) is 0 Å². The monoisotopic (exact) mass is 496 g/mol. The van der Waals surface area contributed by atoms with E-state index in [1.165, 1.54) is 12.1 Å². The Hall–Kier alpha value is -3.39. The van der Waals surface area contributed by atoms with Gasteiger partial charge in [0.2, 0.25) is 5.76 Å². The van der Waals surface area contributed by atoms with Gasteiger partial charge in [-0.1, -0.05) is 33.8 Å². The third kappa shape index (κ3) is 4.82. The van der Waals surface area contributed by atoms with E-state index in [2.05, 4.69) is 32.6 Å². The number of amides is 1. The molecule has 2 heterocycles. The van der Waals surface area contributed by atoms with Crippen molar-refractivity contribution >= 4 is 16.9 Å². The fourth-order valence-corrected chi connectivity index (χ4v) is 4.59. The maximum Gasteiger partial charge on any atom is 0.290 e. The normalized spacial score (nSPS) is 15.3. The molecule has 0 saturated heterocycles. The Morgan fingerprint density at radius 1 is 1.08 bits per heavy atom. The lowest BCUT2D eigenvalue weighted by molar-refractivity contribution is 0.0708. The number of carbonyl (C=O) groups excluding carboxylic acids is 1. The fourth-order valence-electron chi connectivity index (χ4n) is 4.59. The highest BCUT2D eigenvalue weighted by molar-refractivity contribution is 5.99. The van der Waals surface area contributed by atoms with Crippen LogP contribution in [0.2, 0.25) is 0 Å². The highest BCUT2D eigenvalue weighted by atomic mass is 19.1. The van der Waals surface area contributed by atoms with Gasteiger partial charge in [0, 0.05) is 13.1 Å². The van der Waals surface area contributed by atoms with Crippen LogP contribution >= 0.6 is 0 Å². The maximum absolute atomic E-state index is 14.0.